The van der Waals surface area contributed by atoms with Gasteiger partial charge in [0.2, 0.25) is 0 Å². The summed E-state index contributed by atoms with van der Waals surface area (Å²) in [6, 6.07) is 3.69. The third-order valence-corrected chi connectivity index (χ3v) is 2.73. The highest BCUT2D eigenvalue weighted by atomic mass is 35.5. The molecule has 0 fully saturated rings. The van der Waals surface area contributed by atoms with Gasteiger partial charge in [-0.25, -0.2) is 0 Å². The molecule has 2 nitrogen and oxygen atoms in total. The van der Waals surface area contributed by atoms with Gasteiger partial charge in [0.1, 0.15) is 11.9 Å². The average Bonchev–Trinajstić information content (AvgIpc) is 2.46. The van der Waals surface area contributed by atoms with E-state index in [2.05, 4.69) is 0 Å². The largest absolute Gasteiger partial charge is 0.490 e. The number of halogens is 1. The molecule has 0 radical (unpaired) electrons. The fourth-order valence-corrected chi connectivity index (χ4v) is 2.04. The molecular formula is C11H11ClO2. The van der Waals surface area contributed by atoms with Crippen molar-refractivity contribution in [3.8, 4) is 5.75 Å². The summed E-state index contributed by atoms with van der Waals surface area (Å²) in [5.41, 5.74) is 2.56. The minimum atomic E-state index is -0.423. The van der Waals surface area contributed by atoms with Crippen LogP contribution in [-0.2, 0) is 6.42 Å². The Morgan fingerprint density at radius 2 is 2.29 bits per heavy atom. The molecule has 0 saturated heterocycles. The van der Waals surface area contributed by atoms with Gasteiger partial charge in [0.25, 0.3) is 5.24 Å². The van der Waals surface area contributed by atoms with Crippen LogP contribution in [-0.4, -0.2) is 11.3 Å². The van der Waals surface area contributed by atoms with Gasteiger partial charge in [0.05, 0.1) is 0 Å². The lowest BCUT2D eigenvalue weighted by Crippen LogP contribution is -2.06. The summed E-state index contributed by atoms with van der Waals surface area (Å²) in [5, 5.41) is -0.423. The molecule has 0 saturated carbocycles. The topological polar surface area (TPSA) is 26.3 Å². The van der Waals surface area contributed by atoms with Gasteiger partial charge in [-0.2, -0.15) is 0 Å². The lowest BCUT2D eigenvalue weighted by molar-refractivity contribution is 0.108. The highest BCUT2D eigenvalue weighted by Gasteiger charge is 2.23. The number of benzene rings is 1. The molecule has 1 aliphatic heterocycles. The van der Waals surface area contributed by atoms with E-state index in [1.54, 1.807) is 6.07 Å². The SMILES string of the molecule is Cc1c(C(=O)Cl)ccc2c1OC(C)C2. The Balaban J connectivity index is 2.53. The first-order valence-electron chi connectivity index (χ1n) is 4.58. The number of hydrogen-bond acceptors (Lipinski definition) is 2. The van der Waals surface area contributed by atoms with Crippen molar-refractivity contribution in [2.45, 2.75) is 26.4 Å². The summed E-state index contributed by atoms with van der Waals surface area (Å²) >= 11 is 5.45. The molecule has 0 spiro atoms. The van der Waals surface area contributed by atoms with E-state index >= 15 is 0 Å². The fourth-order valence-electron chi connectivity index (χ4n) is 1.84. The fraction of sp³-hybridized carbons (Fsp3) is 0.364. The van der Waals surface area contributed by atoms with Crippen molar-refractivity contribution in [3.05, 3.63) is 28.8 Å². The Hall–Kier alpha value is -1.02. The number of rotatable bonds is 1. The molecule has 1 aromatic rings. The maximum Gasteiger partial charge on any atom is 0.252 e. The third kappa shape index (κ3) is 1.40. The summed E-state index contributed by atoms with van der Waals surface area (Å²) in [6.45, 7) is 3.88. The molecule has 0 amide bonds. The molecule has 1 aliphatic rings. The lowest BCUT2D eigenvalue weighted by Gasteiger charge is -2.08. The van der Waals surface area contributed by atoms with Crippen LogP contribution in [0, 0.1) is 6.92 Å². The van der Waals surface area contributed by atoms with Crippen LogP contribution in [0.5, 0.6) is 5.75 Å². The first-order valence-corrected chi connectivity index (χ1v) is 4.96. The summed E-state index contributed by atoms with van der Waals surface area (Å²) in [6.07, 6.45) is 1.11. The van der Waals surface area contributed by atoms with E-state index in [-0.39, 0.29) is 6.10 Å². The molecule has 1 heterocycles. The van der Waals surface area contributed by atoms with Crippen LogP contribution in [0.2, 0.25) is 0 Å². The Kier molecular flexibility index (Phi) is 2.23. The molecule has 1 atom stereocenters. The zero-order valence-electron chi connectivity index (χ0n) is 8.13. The van der Waals surface area contributed by atoms with Gasteiger partial charge in [-0.05, 0) is 37.1 Å². The molecule has 14 heavy (non-hydrogen) atoms. The molecule has 1 unspecified atom stereocenters. The highest BCUT2D eigenvalue weighted by Crippen LogP contribution is 2.34. The molecule has 2 rings (SSSR count). The summed E-state index contributed by atoms with van der Waals surface area (Å²) in [5.74, 6) is 0.837. The van der Waals surface area contributed by atoms with E-state index < -0.39 is 5.24 Å². The zero-order valence-corrected chi connectivity index (χ0v) is 8.89. The van der Waals surface area contributed by atoms with Crippen molar-refractivity contribution in [3.63, 3.8) is 0 Å². The molecule has 0 aromatic heterocycles. The Labute approximate surface area is 87.8 Å². The second-order valence-corrected chi connectivity index (χ2v) is 3.98. The Bertz CT molecular complexity index is 399. The maximum atomic E-state index is 11.1. The third-order valence-electron chi connectivity index (χ3n) is 2.53. The van der Waals surface area contributed by atoms with Crippen molar-refractivity contribution in [2.75, 3.05) is 0 Å². The number of fused-ring (bicyclic) bond motifs is 1. The number of carbonyl (C=O) groups excluding carboxylic acids is 1. The maximum absolute atomic E-state index is 11.1. The smallest absolute Gasteiger partial charge is 0.252 e. The molecule has 0 N–H and O–H groups in total. The van der Waals surface area contributed by atoms with Crippen LogP contribution in [0.25, 0.3) is 0 Å². The van der Waals surface area contributed by atoms with Crippen molar-refractivity contribution in [1.82, 2.24) is 0 Å². The van der Waals surface area contributed by atoms with Crippen LogP contribution in [0.1, 0.15) is 28.4 Å². The molecule has 0 aliphatic carbocycles. The van der Waals surface area contributed by atoms with Gasteiger partial charge in [0.15, 0.2) is 0 Å². The van der Waals surface area contributed by atoms with E-state index in [1.165, 1.54) is 0 Å². The summed E-state index contributed by atoms with van der Waals surface area (Å²) < 4.78 is 5.62. The number of hydrogen-bond donors (Lipinski definition) is 0. The number of ether oxygens (including phenoxy) is 1. The van der Waals surface area contributed by atoms with Gasteiger partial charge in [-0.3, -0.25) is 4.79 Å². The molecule has 3 heteroatoms. The predicted molar refractivity (Wildman–Crippen MR) is 55.2 cm³/mol. The molecule has 1 aromatic carbocycles. The quantitative estimate of drug-likeness (QED) is 0.667. The Morgan fingerprint density at radius 3 is 2.93 bits per heavy atom. The van der Waals surface area contributed by atoms with Crippen LogP contribution in [0.4, 0.5) is 0 Å². The van der Waals surface area contributed by atoms with E-state index in [0.29, 0.717) is 5.56 Å². The van der Waals surface area contributed by atoms with Crippen molar-refractivity contribution in [1.29, 1.82) is 0 Å². The monoisotopic (exact) mass is 210 g/mol. The second-order valence-electron chi connectivity index (χ2n) is 3.63. The van der Waals surface area contributed by atoms with Crippen LogP contribution in [0.3, 0.4) is 0 Å². The first-order chi connectivity index (χ1) is 6.59. The minimum Gasteiger partial charge on any atom is -0.490 e. The van der Waals surface area contributed by atoms with Gasteiger partial charge < -0.3 is 4.74 Å². The second kappa shape index (κ2) is 3.28. The van der Waals surface area contributed by atoms with Gasteiger partial charge in [0, 0.05) is 17.5 Å². The Morgan fingerprint density at radius 1 is 1.57 bits per heavy atom. The van der Waals surface area contributed by atoms with Crippen molar-refractivity contribution in [2.24, 2.45) is 0 Å². The summed E-state index contributed by atoms with van der Waals surface area (Å²) in [7, 11) is 0. The normalized spacial score (nSPS) is 18.9. The number of carbonyl (C=O) groups is 1. The van der Waals surface area contributed by atoms with E-state index in [9.17, 15) is 4.79 Å². The van der Waals surface area contributed by atoms with Crippen LogP contribution in [0.15, 0.2) is 12.1 Å². The summed E-state index contributed by atoms with van der Waals surface area (Å²) in [4.78, 5) is 11.1. The molecular weight excluding hydrogens is 200 g/mol. The molecule has 74 valence electrons. The average molecular weight is 211 g/mol. The van der Waals surface area contributed by atoms with Crippen molar-refractivity contribution < 1.29 is 9.53 Å². The lowest BCUT2D eigenvalue weighted by atomic mass is 10.0. The molecule has 0 bridgehead atoms. The van der Waals surface area contributed by atoms with Gasteiger partial charge in [-0.15, -0.1) is 0 Å². The van der Waals surface area contributed by atoms with Crippen LogP contribution < -0.4 is 4.74 Å². The van der Waals surface area contributed by atoms with E-state index in [4.69, 9.17) is 16.3 Å². The van der Waals surface area contributed by atoms with Gasteiger partial charge >= 0.3 is 0 Å². The van der Waals surface area contributed by atoms with Gasteiger partial charge in [-0.1, -0.05) is 6.07 Å². The van der Waals surface area contributed by atoms with Crippen LogP contribution >= 0.6 is 11.6 Å². The first kappa shape index (κ1) is 9.53. The van der Waals surface area contributed by atoms with E-state index in [0.717, 1.165) is 23.3 Å². The predicted octanol–water partition coefficient (Wildman–Crippen LogP) is 2.70. The highest BCUT2D eigenvalue weighted by molar-refractivity contribution is 6.68. The standard InChI is InChI=1S/C11H11ClO2/c1-6-5-8-3-4-9(11(12)13)7(2)10(8)14-6/h3-4,6H,5H2,1-2H3. The van der Waals surface area contributed by atoms with Crippen molar-refractivity contribution >= 4 is 16.8 Å². The minimum absolute atomic E-state index is 0.198. The zero-order chi connectivity index (χ0) is 10.3. The van der Waals surface area contributed by atoms with E-state index in [1.807, 2.05) is 19.9 Å².